The molecule has 23 heavy (non-hydrogen) atoms. The molecule has 1 aromatic carbocycles. The number of imide groups is 1. The van der Waals surface area contributed by atoms with Gasteiger partial charge in [0.25, 0.3) is 0 Å². The SMILES string of the molecule is COC(=O)C(CN1C(=O)CCC1=O)c1ccc(OC)c(OC)c1. The van der Waals surface area contributed by atoms with Gasteiger partial charge in [0.15, 0.2) is 11.5 Å². The van der Waals surface area contributed by atoms with Crippen molar-refractivity contribution in [3.05, 3.63) is 23.8 Å². The van der Waals surface area contributed by atoms with Crippen LogP contribution in [0.1, 0.15) is 24.3 Å². The maximum absolute atomic E-state index is 12.1. The van der Waals surface area contributed by atoms with Crippen LogP contribution >= 0.6 is 0 Å². The summed E-state index contributed by atoms with van der Waals surface area (Å²) >= 11 is 0. The van der Waals surface area contributed by atoms with Crippen molar-refractivity contribution in [1.29, 1.82) is 0 Å². The highest BCUT2D eigenvalue weighted by Crippen LogP contribution is 2.32. The minimum atomic E-state index is -0.772. The van der Waals surface area contributed by atoms with E-state index in [1.165, 1.54) is 21.3 Å². The van der Waals surface area contributed by atoms with Gasteiger partial charge in [-0.15, -0.1) is 0 Å². The molecule has 2 rings (SSSR count). The van der Waals surface area contributed by atoms with Crippen LogP contribution in [0.2, 0.25) is 0 Å². The van der Waals surface area contributed by atoms with E-state index in [0.29, 0.717) is 17.1 Å². The van der Waals surface area contributed by atoms with E-state index in [1.54, 1.807) is 18.2 Å². The third kappa shape index (κ3) is 3.44. The molecule has 0 aromatic heterocycles. The fourth-order valence-electron chi connectivity index (χ4n) is 2.54. The summed E-state index contributed by atoms with van der Waals surface area (Å²) in [5.41, 5.74) is 0.585. The quantitative estimate of drug-likeness (QED) is 0.576. The lowest BCUT2D eigenvalue weighted by molar-refractivity contribution is -0.145. The Bertz CT molecular complexity index is 611. The lowest BCUT2D eigenvalue weighted by Crippen LogP contribution is -2.36. The Morgan fingerprint density at radius 3 is 2.22 bits per heavy atom. The number of esters is 1. The zero-order chi connectivity index (χ0) is 17.0. The zero-order valence-corrected chi connectivity index (χ0v) is 13.3. The summed E-state index contributed by atoms with van der Waals surface area (Å²) in [7, 11) is 4.27. The highest BCUT2D eigenvalue weighted by atomic mass is 16.5. The number of methoxy groups -OCH3 is 3. The van der Waals surface area contributed by atoms with E-state index in [4.69, 9.17) is 14.2 Å². The molecule has 7 nitrogen and oxygen atoms in total. The number of ether oxygens (including phenoxy) is 3. The van der Waals surface area contributed by atoms with E-state index in [2.05, 4.69) is 0 Å². The fraction of sp³-hybridized carbons (Fsp3) is 0.438. The number of carbonyl (C=O) groups excluding carboxylic acids is 3. The van der Waals surface area contributed by atoms with Crippen LogP contribution in [0.5, 0.6) is 11.5 Å². The lowest BCUT2D eigenvalue weighted by atomic mass is 9.98. The number of likely N-dealkylation sites (tertiary alicyclic amines) is 1. The molecule has 1 aliphatic rings. The van der Waals surface area contributed by atoms with Crippen molar-refractivity contribution in [2.45, 2.75) is 18.8 Å². The summed E-state index contributed by atoms with van der Waals surface area (Å²) in [6, 6.07) is 5.00. The van der Waals surface area contributed by atoms with E-state index in [1.807, 2.05) is 0 Å². The van der Waals surface area contributed by atoms with Gasteiger partial charge in [-0.25, -0.2) is 0 Å². The van der Waals surface area contributed by atoms with Crippen molar-refractivity contribution in [3.8, 4) is 11.5 Å². The zero-order valence-electron chi connectivity index (χ0n) is 13.3. The molecule has 1 heterocycles. The molecule has 1 aromatic rings. The molecule has 124 valence electrons. The maximum Gasteiger partial charge on any atom is 0.314 e. The molecule has 0 aliphatic carbocycles. The largest absolute Gasteiger partial charge is 0.493 e. The van der Waals surface area contributed by atoms with Gasteiger partial charge in [0.2, 0.25) is 11.8 Å². The molecule has 0 N–H and O–H groups in total. The molecule has 2 amide bonds. The van der Waals surface area contributed by atoms with Crippen LogP contribution in [-0.4, -0.2) is 50.6 Å². The summed E-state index contributed by atoms with van der Waals surface area (Å²) in [5.74, 6) is -0.865. The van der Waals surface area contributed by atoms with Crippen molar-refractivity contribution in [2.24, 2.45) is 0 Å². The predicted molar refractivity (Wildman–Crippen MR) is 80.3 cm³/mol. The number of carbonyl (C=O) groups is 3. The van der Waals surface area contributed by atoms with Gasteiger partial charge < -0.3 is 14.2 Å². The smallest absolute Gasteiger partial charge is 0.314 e. The first-order chi connectivity index (χ1) is 11.0. The second-order valence-electron chi connectivity index (χ2n) is 5.09. The topological polar surface area (TPSA) is 82.1 Å². The molecule has 1 saturated heterocycles. The number of benzene rings is 1. The molecule has 1 atom stereocenters. The van der Waals surface area contributed by atoms with Crippen LogP contribution in [0.3, 0.4) is 0 Å². The number of hydrogen-bond donors (Lipinski definition) is 0. The average molecular weight is 321 g/mol. The summed E-state index contributed by atoms with van der Waals surface area (Å²) in [6.07, 6.45) is 0.358. The summed E-state index contributed by atoms with van der Waals surface area (Å²) < 4.78 is 15.2. The molecular weight excluding hydrogens is 302 g/mol. The van der Waals surface area contributed by atoms with Crippen molar-refractivity contribution in [1.82, 2.24) is 4.90 Å². The van der Waals surface area contributed by atoms with Crippen LogP contribution in [0.25, 0.3) is 0 Å². The van der Waals surface area contributed by atoms with Crippen LogP contribution in [0.15, 0.2) is 18.2 Å². The highest BCUT2D eigenvalue weighted by Gasteiger charge is 2.34. The molecule has 0 saturated carbocycles. The minimum absolute atomic E-state index is 0.0418. The van der Waals surface area contributed by atoms with Gasteiger partial charge in [-0.2, -0.15) is 0 Å². The third-order valence-electron chi connectivity index (χ3n) is 3.82. The Kier molecular flexibility index (Phi) is 5.20. The normalized spacial score (nSPS) is 15.5. The van der Waals surface area contributed by atoms with E-state index < -0.39 is 11.9 Å². The first-order valence-corrected chi connectivity index (χ1v) is 7.14. The lowest BCUT2D eigenvalue weighted by Gasteiger charge is -2.22. The van der Waals surface area contributed by atoms with Crippen LogP contribution in [0, 0.1) is 0 Å². The number of nitrogens with zero attached hydrogens (tertiary/aromatic N) is 1. The van der Waals surface area contributed by atoms with Crippen LogP contribution in [-0.2, 0) is 19.1 Å². The standard InChI is InChI=1S/C16H19NO6/c1-21-12-5-4-10(8-13(12)22-2)11(16(20)23-3)9-17-14(18)6-7-15(17)19/h4-5,8,11H,6-7,9H2,1-3H3. The average Bonchev–Trinajstić information content (AvgIpc) is 2.89. The summed E-state index contributed by atoms with van der Waals surface area (Å²) in [4.78, 5) is 36.8. The fourth-order valence-corrected chi connectivity index (χ4v) is 2.54. The van der Waals surface area contributed by atoms with Gasteiger partial charge in [-0.1, -0.05) is 6.07 Å². The van der Waals surface area contributed by atoms with Gasteiger partial charge in [0.1, 0.15) is 5.92 Å². The van der Waals surface area contributed by atoms with Gasteiger partial charge >= 0.3 is 5.97 Å². The van der Waals surface area contributed by atoms with E-state index in [0.717, 1.165) is 4.90 Å². The predicted octanol–water partition coefficient (Wildman–Crippen LogP) is 1.11. The first kappa shape index (κ1) is 16.8. The second-order valence-corrected chi connectivity index (χ2v) is 5.09. The Morgan fingerprint density at radius 1 is 1.09 bits per heavy atom. The van der Waals surface area contributed by atoms with E-state index >= 15 is 0 Å². The van der Waals surface area contributed by atoms with E-state index in [9.17, 15) is 14.4 Å². The number of rotatable bonds is 6. The van der Waals surface area contributed by atoms with Gasteiger partial charge in [-0.05, 0) is 17.7 Å². The maximum atomic E-state index is 12.1. The Morgan fingerprint density at radius 2 is 1.70 bits per heavy atom. The molecule has 7 heteroatoms. The number of hydrogen-bond acceptors (Lipinski definition) is 6. The van der Waals surface area contributed by atoms with Gasteiger partial charge in [-0.3, -0.25) is 19.3 Å². The summed E-state index contributed by atoms with van der Waals surface area (Å²) in [5, 5.41) is 0. The molecule has 1 fully saturated rings. The van der Waals surface area contributed by atoms with Gasteiger partial charge in [0.05, 0.1) is 21.3 Å². The monoisotopic (exact) mass is 321 g/mol. The molecule has 1 aliphatic heterocycles. The van der Waals surface area contributed by atoms with Crippen LogP contribution in [0.4, 0.5) is 0 Å². The molecule has 0 radical (unpaired) electrons. The third-order valence-corrected chi connectivity index (χ3v) is 3.82. The first-order valence-electron chi connectivity index (χ1n) is 7.14. The van der Waals surface area contributed by atoms with Crippen molar-refractivity contribution in [2.75, 3.05) is 27.9 Å². The Hall–Kier alpha value is -2.57. The summed E-state index contributed by atoms with van der Waals surface area (Å²) in [6.45, 7) is -0.0418. The Balaban J connectivity index is 2.33. The van der Waals surface area contributed by atoms with Gasteiger partial charge in [0, 0.05) is 19.4 Å². The van der Waals surface area contributed by atoms with Crippen LogP contribution < -0.4 is 9.47 Å². The van der Waals surface area contributed by atoms with E-state index in [-0.39, 0.29) is 31.2 Å². The molecule has 0 bridgehead atoms. The van der Waals surface area contributed by atoms with Crippen molar-refractivity contribution in [3.63, 3.8) is 0 Å². The Labute approximate surface area is 134 Å². The highest BCUT2D eigenvalue weighted by molar-refractivity contribution is 6.02. The van der Waals surface area contributed by atoms with Crippen molar-refractivity contribution < 1.29 is 28.6 Å². The molecular formula is C16H19NO6. The van der Waals surface area contributed by atoms with Crippen molar-refractivity contribution >= 4 is 17.8 Å². The molecule has 1 unspecified atom stereocenters. The second kappa shape index (κ2) is 7.13. The number of amides is 2. The molecule has 0 spiro atoms. The minimum Gasteiger partial charge on any atom is -0.493 e.